The molecule has 1 amide bonds. The number of hydrogen-bond donors (Lipinski definition) is 0. The summed E-state index contributed by atoms with van der Waals surface area (Å²) in [4.78, 5) is 16.8. The largest absolute Gasteiger partial charge is 0.370 e. The summed E-state index contributed by atoms with van der Waals surface area (Å²) in [5.41, 5.74) is 2.33. The highest BCUT2D eigenvalue weighted by molar-refractivity contribution is 6.30. The van der Waals surface area contributed by atoms with Crippen molar-refractivity contribution in [2.75, 3.05) is 31.1 Å². The number of benzene rings is 2. The fraction of sp³-hybridized carbons (Fsp3) is 0.238. The minimum Gasteiger partial charge on any atom is -0.370 e. The molecule has 0 spiro atoms. The van der Waals surface area contributed by atoms with Gasteiger partial charge in [0.15, 0.2) is 0 Å². The van der Waals surface area contributed by atoms with Gasteiger partial charge < -0.3 is 14.3 Å². The Morgan fingerprint density at radius 3 is 2.64 bits per heavy atom. The van der Waals surface area contributed by atoms with Crippen LogP contribution in [0.25, 0.3) is 11.3 Å². The molecular formula is C21H19ClFN3O2. The molecule has 5 nitrogen and oxygen atoms in total. The summed E-state index contributed by atoms with van der Waals surface area (Å²) in [6.07, 6.45) is 0.818. The summed E-state index contributed by atoms with van der Waals surface area (Å²) in [6, 6.07) is 15.3. The lowest BCUT2D eigenvalue weighted by atomic mass is 10.1. The van der Waals surface area contributed by atoms with Gasteiger partial charge in [0.2, 0.25) is 5.76 Å². The second-order valence-corrected chi connectivity index (χ2v) is 7.13. The number of anilines is 1. The maximum atomic E-state index is 13.1. The van der Waals surface area contributed by atoms with Crippen LogP contribution in [-0.2, 0) is 0 Å². The third-order valence-electron chi connectivity index (χ3n) is 4.82. The van der Waals surface area contributed by atoms with Crippen molar-refractivity contribution in [2.45, 2.75) is 6.42 Å². The van der Waals surface area contributed by atoms with Gasteiger partial charge in [0.05, 0.1) is 0 Å². The van der Waals surface area contributed by atoms with Gasteiger partial charge in [0.25, 0.3) is 5.91 Å². The quantitative estimate of drug-likeness (QED) is 0.651. The Labute approximate surface area is 167 Å². The average Bonchev–Trinajstić information content (AvgIpc) is 3.07. The van der Waals surface area contributed by atoms with Crippen molar-refractivity contribution in [3.05, 3.63) is 71.2 Å². The molecule has 0 unspecified atom stereocenters. The standard InChI is InChI=1S/C21H19ClFN3O2/c22-16-4-1-3-15(13-16)19-14-20(28-24-19)21(27)26-10-2-9-25(11-12-26)18-7-5-17(23)6-8-18/h1,3-8,13-14H,2,9-12H2. The van der Waals surface area contributed by atoms with Crippen LogP contribution in [0.4, 0.5) is 10.1 Å². The average molecular weight is 400 g/mol. The second kappa shape index (κ2) is 8.02. The van der Waals surface area contributed by atoms with Crippen LogP contribution in [-0.4, -0.2) is 42.1 Å². The fourth-order valence-corrected chi connectivity index (χ4v) is 3.54. The first-order chi connectivity index (χ1) is 13.6. The number of carbonyl (C=O) groups excluding carboxylic acids is 1. The van der Waals surface area contributed by atoms with Crippen LogP contribution < -0.4 is 4.90 Å². The highest BCUT2D eigenvalue weighted by Gasteiger charge is 2.24. The number of amides is 1. The molecule has 0 radical (unpaired) electrons. The molecule has 1 saturated heterocycles. The highest BCUT2D eigenvalue weighted by atomic mass is 35.5. The summed E-state index contributed by atoms with van der Waals surface area (Å²) < 4.78 is 18.4. The van der Waals surface area contributed by atoms with E-state index in [0.29, 0.717) is 30.4 Å². The lowest BCUT2D eigenvalue weighted by molar-refractivity contribution is 0.0725. The summed E-state index contributed by atoms with van der Waals surface area (Å²) in [6.45, 7) is 2.67. The van der Waals surface area contributed by atoms with Crippen LogP contribution in [0.15, 0.2) is 59.1 Å². The maximum absolute atomic E-state index is 13.1. The van der Waals surface area contributed by atoms with E-state index in [9.17, 15) is 9.18 Å². The van der Waals surface area contributed by atoms with E-state index in [2.05, 4.69) is 10.1 Å². The topological polar surface area (TPSA) is 49.6 Å². The molecule has 28 heavy (non-hydrogen) atoms. The molecule has 2 heterocycles. The van der Waals surface area contributed by atoms with E-state index in [0.717, 1.165) is 24.2 Å². The summed E-state index contributed by atoms with van der Waals surface area (Å²) in [5, 5.41) is 4.61. The molecule has 0 atom stereocenters. The molecule has 0 bridgehead atoms. The van der Waals surface area contributed by atoms with Gasteiger partial charge >= 0.3 is 0 Å². The lowest BCUT2D eigenvalue weighted by Crippen LogP contribution is -2.35. The molecule has 4 rings (SSSR count). The van der Waals surface area contributed by atoms with Gasteiger partial charge in [-0.05, 0) is 42.8 Å². The van der Waals surface area contributed by atoms with Crippen molar-refractivity contribution in [3.63, 3.8) is 0 Å². The Kier molecular flexibility index (Phi) is 5.30. The minimum absolute atomic E-state index is 0.179. The number of hydrogen-bond acceptors (Lipinski definition) is 4. The molecule has 3 aromatic rings. The van der Waals surface area contributed by atoms with Crippen LogP contribution in [0, 0.1) is 5.82 Å². The fourth-order valence-electron chi connectivity index (χ4n) is 3.35. The lowest BCUT2D eigenvalue weighted by Gasteiger charge is -2.23. The van der Waals surface area contributed by atoms with Crippen molar-refractivity contribution in [3.8, 4) is 11.3 Å². The molecule has 1 aromatic heterocycles. The third-order valence-corrected chi connectivity index (χ3v) is 5.05. The Morgan fingerprint density at radius 1 is 1.04 bits per heavy atom. The SMILES string of the molecule is O=C(c1cc(-c2cccc(Cl)c2)no1)N1CCCN(c2ccc(F)cc2)CC1. The number of halogens is 2. The predicted molar refractivity (Wildman–Crippen MR) is 106 cm³/mol. The van der Waals surface area contributed by atoms with E-state index in [-0.39, 0.29) is 17.5 Å². The monoisotopic (exact) mass is 399 g/mol. The van der Waals surface area contributed by atoms with Crippen molar-refractivity contribution < 1.29 is 13.7 Å². The molecule has 144 valence electrons. The summed E-state index contributed by atoms with van der Waals surface area (Å²) in [7, 11) is 0. The molecule has 0 N–H and O–H groups in total. The summed E-state index contributed by atoms with van der Waals surface area (Å²) >= 11 is 6.02. The van der Waals surface area contributed by atoms with Gasteiger partial charge in [-0.15, -0.1) is 0 Å². The molecule has 2 aromatic carbocycles. The van der Waals surface area contributed by atoms with Crippen molar-refractivity contribution in [1.29, 1.82) is 0 Å². The smallest absolute Gasteiger partial charge is 0.292 e. The number of aromatic nitrogens is 1. The molecule has 1 fully saturated rings. The summed E-state index contributed by atoms with van der Waals surface area (Å²) in [5.74, 6) is -0.219. The van der Waals surface area contributed by atoms with E-state index in [1.807, 2.05) is 12.1 Å². The molecular weight excluding hydrogens is 381 g/mol. The first-order valence-electron chi connectivity index (χ1n) is 9.12. The first-order valence-corrected chi connectivity index (χ1v) is 9.50. The van der Waals surface area contributed by atoms with Gasteiger partial charge in [-0.1, -0.05) is 28.9 Å². The highest BCUT2D eigenvalue weighted by Crippen LogP contribution is 2.23. The van der Waals surface area contributed by atoms with Crippen molar-refractivity contribution >= 4 is 23.2 Å². The first kappa shape index (κ1) is 18.5. The normalized spacial score (nSPS) is 14.8. The van der Waals surface area contributed by atoms with Gasteiger partial charge in [-0.25, -0.2) is 4.39 Å². The van der Waals surface area contributed by atoms with E-state index in [4.69, 9.17) is 16.1 Å². The Morgan fingerprint density at radius 2 is 1.86 bits per heavy atom. The molecule has 7 heteroatoms. The zero-order chi connectivity index (χ0) is 19.5. The predicted octanol–water partition coefficient (Wildman–Crippen LogP) is 4.49. The van der Waals surface area contributed by atoms with Gasteiger partial charge in [-0.2, -0.15) is 0 Å². The van der Waals surface area contributed by atoms with E-state index < -0.39 is 0 Å². The Bertz CT molecular complexity index is 974. The molecule has 0 saturated carbocycles. The zero-order valence-corrected chi connectivity index (χ0v) is 15.9. The number of nitrogens with zero attached hydrogens (tertiary/aromatic N) is 3. The molecule has 0 aliphatic carbocycles. The Balaban J connectivity index is 1.45. The Hall–Kier alpha value is -2.86. The zero-order valence-electron chi connectivity index (χ0n) is 15.1. The molecule has 1 aliphatic heterocycles. The van der Waals surface area contributed by atoms with Gasteiger partial charge in [0, 0.05) is 48.5 Å². The van der Waals surface area contributed by atoms with Crippen molar-refractivity contribution in [1.82, 2.24) is 10.1 Å². The van der Waals surface area contributed by atoms with Crippen LogP contribution in [0.5, 0.6) is 0 Å². The van der Waals surface area contributed by atoms with E-state index in [1.54, 1.807) is 35.2 Å². The van der Waals surface area contributed by atoms with Crippen molar-refractivity contribution in [2.24, 2.45) is 0 Å². The second-order valence-electron chi connectivity index (χ2n) is 6.70. The van der Waals surface area contributed by atoms with Crippen LogP contribution in [0.2, 0.25) is 5.02 Å². The van der Waals surface area contributed by atoms with Gasteiger partial charge in [-0.3, -0.25) is 4.79 Å². The number of carbonyl (C=O) groups is 1. The van der Waals surface area contributed by atoms with Crippen LogP contribution in [0.3, 0.4) is 0 Å². The third kappa shape index (κ3) is 4.02. The van der Waals surface area contributed by atoms with E-state index in [1.165, 1.54) is 12.1 Å². The van der Waals surface area contributed by atoms with E-state index >= 15 is 0 Å². The van der Waals surface area contributed by atoms with Crippen LogP contribution >= 0.6 is 11.6 Å². The van der Waals surface area contributed by atoms with Gasteiger partial charge in [0.1, 0.15) is 11.5 Å². The number of rotatable bonds is 3. The minimum atomic E-state index is -0.254. The molecule has 1 aliphatic rings. The maximum Gasteiger partial charge on any atom is 0.292 e. The van der Waals surface area contributed by atoms with Crippen LogP contribution in [0.1, 0.15) is 17.0 Å².